The molecule has 18 heavy (non-hydrogen) atoms. The van der Waals surface area contributed by atoms with Gasteiger partial charge in [-0.2, -0.15) is 0 Å². The maximum atomic E-state index is 13.4. The molecule has 0 unspecified atom stereocenters. The lowest BCUT2D eigenvalue weighted by Crippen LogP contribution is -2.03. The van der Waals surface area contributed by atoms with E-state index in [1.54, 1.807) is 42.5 Å². The third kappa shape index (κ3) is 3.12. The lowest BCUT2D eigenvalue weighted by atomic mass is 10.1. The van der Waals surface area contributed by atoms with E-state index in [4.69, 9.17) is 11.6 Å². The second-order valence-corrected chi connectivity index (χ2v) is 5.05. The first-order valence-corrected chi connectivity index (χ1v) is 6.70. The molecule has 0 N–H and O–H groups in total. The molecule has 0 fully saturated rings. The van der Waals surface area contributed by atoms with Gasteiger partial charge >= 0.3 is 0 Å². The van der Waals surface area contributed by atoms with Crippen molar-refractivity contribution in [1.82, 2.24) is 0 Å². The number of hydrogen-bond donors (Lipinski definition) is 0. The number of rotatable bonds is 4. The monoisotopic (exact) mass is 280 g/mol. The molecule has 1 nitrogen and oxygen atoms in total. The molecule has 0 aromatic heterocycles. The van der Waals surface area contributed by atoms with Gasteiger partial charge in [0.25, 0.3) is 0 Å². The molecule has 0 bridgehead atoms. The van der Waals surface area contributed by atoms with Gasteiger partial charge in [-0.1, -0.05) is 35.9 Å². The highest BCUT2D eigenvalue weighted by molar-refractivity contribution is 8.00. The molecule has 0 radical (unpaired) electrons. The van der Waals surface area contributed by atoms with Gasteiger partial charge in [-0.3, -0.25) is 4.79 Å². The van der Waals surface area contributed by atoms with Crippen molar-refractivity contribution in [2.24, 2.45) is 0 Å². The van der Waals surface area contributed by atoms with Gasteiger partial charge in [-0.15, -0.1) is 11.8 Å². The summed E-state index contributed by atoms with van der Waals surface area (Å²) in [5.41, 5.74) is 0.475. The van der Waals surface area contributed by atoms with Crippen molar-refractivity contribution in [3.63, 3.8) is 0 Å². The first-order chi connectivity index (χ1) is 8.68. The molecule has 0 amide bonds. The zero-order chi connectivity index (χ0) is 13.0. The largest absolute Gasteiger partial charge is 0.293 e. The number of Topliss-reactive ketones (excluding diaryl/α,β-unsaturated/α-hetero) is 1. The van der Waals surface area contributed by atoms with Crippen LogP contribution in [-0.2, 0) is 0 Å². The molecule has 2 aromatic rings. The predicted molar refractivity (Wildman–Crippen MR) is 72.9 cm³/mol. The van der Waals surface area contributed by atoms with Crippen LogP contribution in [0, 0.1) is 5.82 Å². The molecule has 0 saturated carbocycles. The molecular formula is C14H10ClFOS. The van der Waals surface area contributed by atoms with E-state index in [9.17, 15) is 9.18 Å². The summed E-state index contributed by atoms with van der Waals surface area (Å²) >= 11 is 7.10. The lowest BCUT2D eigenvalue weighted by molar-refractivity contribution is 0.102. The topological polar surface area (TPSA) is 17.1 Å². The summed E-state index contributed by atoms with van der Waals surface area (Å²) in [7, 11) is 0. The summed E-state index contributed by atoms with van der Waals surface area (Å²) in [6.07, 6.45) is 0. The van der Waals surface area contributed by atoms with Crippen molar-refractivity contribution in [1.29, 1.82) is 0 Å². The Balaban J connectivity index is 2.06. The Morgan fingerprint density at radius 3 is 2.50 bits per heavy atom. The highest BCUT2D eigenvalue weighted by Crippen LogP contribution is 2.24. The van der Waals surface area contributed by atoms with E-state index < -0.39 is 0 Å². The van der Waals surface area contributed by atoms with E-state index in [1.165, 1.54) is 17.8 Å². The average molecular weight is 281 g/mol. The molecule has 4 heteroatoms. The lowest BCUT2D eigenvalue weighted by Gasteiger charge is -2.04. The van der Waals surface area contributed by atoms with Gasteiger partial charge in [-0.05, 0) is 24.3 Å². The Kier molecular flexibility index (Phi) is 4.39. The fourth-order valence-electron chi connectivity index (χ4n) is 1.47. The Morgan fingerprint density at radius 1 is 1.11 bits per heavy atom. The van der Waals surface area contributed by atoms with Crippen LogP contribution in [-0.4, -0.2) is 11.5 Å². The Morgan fingerprint density at radius 2 is 1.78 bits per heavy atom. The average Bonchev–Trinajstić information content (AvgIpc) is 2.38. The van der Waals surface area contributed by atoms with Gasteiger partial charge in [0, 0.05) is 10.5 Å². The first-order valence-electron chi connectivity index (χ1n) is 5.33. The molecule has 0 aliphatic carbocycles. The van der Waals surface area contributed by atoms with Crippen LogP contribution >= 0.6 is 23.4 Å². The predicted octanol–water partition coefficient (Wildman–Crippen LogP) is 4.45. The van der Waals surface area contributed by atoms with E-state index in [1.807, 2.05) is 0 Å². The minimum Gasteiger partial charge on any atom is -0.293 e. The molecule has 0 aliphatic heterocycles. The van der Waals surface area contributed by atoms with Gasteiger partial charge in [0.05, 0.1) is 10.8 Å². The van der Waals surface area contributed by atoms with Crippen LogP contribution < -0.4 is 0 Å². The van der Waals surface area contributed by atoms with Crippen LogP contribution in [0.3, 0.4) is 0 Å². The maximum absolute atomic E-state index is 13.4. The molecular weight excluding hydrogens is 271 g/mol. The summed E-state index contributed by atoms with van der Waals surface area (Å²) < 4.78 is 13.4. The number of halogens is 2. The Hall–Kier alpha value is -1.32. The second-order valence-electron chi connectivity index (χ2n) is 3.62. The van der Waals surface area contributed by atoms with Crippen LogP contribution in [0.1, 0.15) is 10.4 Å². The molecule has 0 aliphatic rings. The highest BCUT2D eigenvalue weighted by Gasteiger charge is 2.11. The fourth-order valence-corrected chi connectivity index (χ4v) is 2.53. The van der Waals surface area contributed by atoms with Crippen LogP contribution in [0.2, 0.25) is 5.02 Å². The van der Waals surface area contributed by atoms with Crippen LogP contribution in [0.5, 0.6) is 0 Å². The molecule has 2 rings (SSSR count). The number of hydrogen-bond acceptors (Lipinski definition) is 2. The molecule has 92 valence electrons. The number of carbonyl (C=O) groups is 1. The molecule has 0 atom stereocenters. The summed E-state index contributed by atoms with van der Waals surface area (Å²) in [6, 6.07) is 13.3. The SMILES string of the molecule is O=C(CSc1ccccc1F)c1ccccc1Cl. The summed E-state index contributed by atoms with van der Waals surface area (Å²) in [5, 5.41) is 0.427. The molecule has 0 saturated heterocycles. The Bertz CT molecular complexity index is 571. The number of thioether (sulfide) groups is 1. The third-order valence-corrected chi connectivity index (χ3v) is 3.75. The van der Waals surface area contributed by atoms with E-state index in [0.717, 1.165) is 0 Å². The third-order valence-electron chi connectivity index (χ3n) is 2.37. The van der Waals surface area contributed by atoms with Crippen LogP contribution in [0.4, 0.5) is 4.39 Å². The zero-order valence-electron chi connectivity index (χ0n) is 9.40. The van der Waals surface area contributed by atoms with E-state index in [0.29, 0.717) is 15.5 Å². The van der Waals surface area contributed by atoms with E-state index in [2.05, 4.69) is 0 Å². The van der Waals surface area contributed by atoms with Crippen molar-refractivity contribution in [2.75, 3.05) is 5.75 Å². The molecule has 2 aromatic carbocycles. The highest BCUT2D eigenvalue weighted by atomic mass is 35.5. The number of benzene rings is 2. The van der Waals surface area contributed by atoms with Gasteiger partial charge < -0.3 is 0 Å². The summed E-state index contributed by atoms with van der Waals surface area (Å²) in [4.78, 5) is 12.4. The number of ketones is 1. The fraction of sp³-hybridized carbons (Fsp3) is 0.0714. The standard InChI is InChI=1S/C14H10ClFOS/c15-11-6-2-1-5-10(11)13(17)9-18-14-8-4-3-7-12(14)16/h1-8H,9H2. The Labute approximate surface area is 114 Å². The summed E-state index contributed by atoms with van der Waals surface area (Å²) in [5.74, 6) is -0.242. The quantitative estimate of drug-likeness (QED) is 0.608. The number of carbonyl (C=O) groups excluding carboxylic acids is 1. The molecule has 0 heterocycles. The maximum Gasteiger partial charge on any atom is 0.174 e. The first kappa shape index (κ1) is 13.1. The second kappa shape index (κ2) is 6.03. The minimum absolute atomic E-state index is 0.103. The van der Waals surface area contributed by atoms with Crippen LogP contribution in [0.25, 0.3) is 0 Å². The van der Waals surface area contributed by atoms with Crippen molar-refractivity contribution in [2.45, 2.75) is 4.90 Å². The zero-order valence-corrected chi connectivity index (χ0v) is 11.0. The minimum atomic E-state index is -0.311. The van der Waals surface area contributed by atoms with Gasteiger partial charge in [0.15, 0.2) is 5.78 Å². The van der Waals surface area contributed by atoms with Gasteiger partial charge in [0.2, 0.25) is 0 Å². The normalized spacial score (nSPS) is 10.3. The van der Waals surface area contributed by atoms with Crippen molar-refractivity contribution in [3.8, 4) is 0 Å². The van der Waals surface area contributed by atoms with Crippen molar-refractivity contribution < 1.29 is 9.18 Å². The van der Waals surface area contributed by atoms with E-state index >= 15 is 0 Å². The smallest absolute Gasteiger partial charge is 0.174 e. The summed E-state index contributed by atoms with van der Waals surface area (Å²) in [6.45, 7) is 0. The molecule has 0 spiro atoms. The van der Waals surface area contributed by atoms with E-state index in [-0.39, 0.29) is 17.4 Å². The van der Waals surface area contributed by atoms with Crippen molar-refractivity contribution >= 4 is 29.1 Å². The van der Waals surface area contributed by atoms with Gasteiger partial charge in [0.1, 0.15) is 5.82 Å². The van der Waals surface area contributed by atoms with Gasteiger partial charge in [-0.25, -0.2) is 4.39 Å². The van der Waals surface area contributed by atoms with Crippen LogP contribution in [0.15, 0.2) is 53.4 Å². The van der Waals surface area contributed by atoms with Crippen molar-refractivity contribution in [3.05, 3.63) is 64.9 Å².